The highest BCUT2D eigenvalue weighted by Crippen LogP contribution is 2.85. The van der Waals surface area contributed by atoms with Gasteiger partial charge in [0.05, 0.1) is 7.11 Å². The second-order valence-electron chi connectivity index (χ2n) is 7.37. The van der Waals surface area contributed by atoms with Gasteiger partial charge in [-0.2, -0.15) is 0 Å². The van der Waals surface area contributed by atoms with E-state index in [1.54, 1.807) is 0 Å². The normalized spacial score (nSPS) is 52.8. The van der Waals surface area contributed by atoms with Crippen LogP contribution < -0.4 is 0 Å². The molecule has 3 saturated carbocycles. The van der Waals surface area contributed by atoms with E-state index in [2.05, 4.69) is 19.9 Å². The number of epoxide rings is 1. The van der Waals surface area contributed by atoms with Crippen LogP contribution in [0.1, 0.15) is 33.1 Å². The smallest absolute Gasteiger partial charge is 0.334 e. The molecule has 1 heterocycles. The van der Waals surface area contributed by atoms with Gasteiger partial charge in [-0.15, -0.1) is 0 Å². The second-order valence-corrected chi connectivity index (χ2v) is 7.37. The second kappa shape index (κ2) is 3.06. The van der Waals surface area contributed by atoms with E-state index in [0.29, 0.717) is 17.8 Å². The molecule has 3 heteroatoms. The highest BCUT2D eigenvalue weighted by Gasteiger charge is 2.92. The maximum atomic E-state index is 12.2. The summed E-state index contributed by atoms with van der Waals surface area (Å²) in [4.78, 5) is 12.2. The number of fused-ring (bicyclic) bond motifs is 4. The minimum absolute atomic E-state index is 0.0362. The van der Waals surface area contributed by atoms with Crippen molar-refractivity contribution < 1.29 is 14.3 Å². The van der Waals surface area contributed by atoms with Gasteiger partial charge >= 0.3 is 5.97 Å². The van der Waals surface area contributed by atoms with Gasteiger partial charge in [-0.3, -0.25) is 0 Å². The van der Waals surface area contributed by atoms with E-state index in [1.807, 2.05) is 0 Å². The van der Waals surface area contributed by atoms with Crippen LogP contribution in [0.3, 0.4) is 0 Å². The van der Waals surface area contributed by atoms with Crippen molar-refractivity contribution in [2.24, 2.45) is 23.7 Å². The van der Waals surface area contributed by atoms with Crippen molar-refractivity contribution in [2.75, 3.05) is 7.11 Å². The van der Waals surface area contributed by atoms with Crippen molar-refractivity contribution in [1.82, 2.24) is 0 Å². The zero-order chi connectivity index (χ0) is 13.9. The molecule has 0 radical (unpaired) electrons. The Kier molecular flexibility index (Phi) is 1.77. The third-order valence-corrected chi connectivity index (χ3v) is 6.75. The fourth-order valence-corrected chi connectivity index (χ4v) is 6.33. The molecule has 3 nitrogen and oxygen atoms in total. The summed E-state index contributed by atoms with van der Waals surface area (Å²) in [5.74, 6) is 1.73. The topological polar surface area (TPSA) is 38.8 Å². The summed E-state index contributed by atoms with van der Waals surface area (Å²) in [5.41, 5.74) is 3.73. The molecule has 106 valence electrons. The summed E-state index contributed by atoms with van der Waals surface area (Å²) in [7, 11) is 1.48. The Morgan fingerprint density at radius 1 is 1.30 bits per heavy atom. The van der Waals surface area contributed by atoms with Crippen LogP contribution in [-0.4, -0.2) is 24.3 Å². The van der Waals surface area contributed by atoms with E-state index in [1.165, 1.54) is 37.5 Å². The molecule has 20 heavy (non-hydrogen) atoms. The van der Waals surface area contributed by atoms with Crippen molar-refractivity contribution >= 4 is 5.97 Å². The number of hydrogen-bond donors (Lipinski definition) is 0. The fraction of sp³-hybridized carbons (Fsp3) is 0.706. The molecule has 4 bridgehead atoms. The molecule has 0 aromatic rings. The van der Waals surface area contributed by atoms with Crippen molar-refractivity contribution in [1.29, 1.82) is 0 Å². The summed E-state index contributed by atoms with van der Waals surface area (Å²) in [6.45, 7) is 4.36. The highest BCUT2D eigenvalue weighted by atomic mass is 16.6. The first-order valence-corrected chi connectivity index (χ1v) is 7.75. The predicted molar refractivity (Wildman–Crippen MR) is 72.8 cm³/mol. The van der Waals surface area contributed by atoms with Crippen LogP contribution in [0.5, 0.6) is 0 Å². The molecule has 0 aromatic carbocycles. The zero-order valence-electron chi connectivity index (χ0n) is 12.2. The number of allylic oxidation sites excluding steroid dienone is 1. The lowest BCUT2D eigenvalue weighted by Crippen LogP contribution is -2.38. The predicted octanol–water partition coefficient (Wildman–Crippen LogP) is 2.62. The fourth-order valence-electron chi connectivity index (χ4n) is 6.33. The molecule has 0 amide bonds. The molecule has 0 N–H and O–H groups in total. The zero-order valence-corrected chi connectivity index (χ0v) is 12.2. The molecule has 4 aliphatic carbocycles. The van der Waals surface area contributed by atoms with Crippen LogP contribution in [0, 0.1) is 23.7 Å². The summed E-state index contributed by atoms with van der Waals surface area (Å²) < 4.78 is 11.5. The molecule has 0 spiro atoms. The number of rotatable bonds is 1. The van der Waals surface area contributed by atoms with E-state index in [0.717, 1.165) is 5.57 Å². The van der Waals surface area contributed by atoms with Crippen molar-refractivity contribution in [2.45, 2.75) is 44.3 Å². The van der Waals surface area contributed by atoms with Gasteiger partial charge in [-0.05, 0) is 44.9 Å². The summed E-state index contributed by atoms with van der Waals surface area (Å²) in [6.07, 6.45) is 6.07. The van der Waals surface area contributed by atoms with Crippen LogP contribution in [0.25, 0.3) is 0 Å². The quantitative estimate of drug-likeness (QED) is 0.418. The highest BCUT2D eigenvalue weighted by molar-refractivity contribution is 5.93. The Morgan fingerprint density at radius 2 is 2.00 bits per heavy atom. The Bertz CT molecular complexity index is 612. The van der Waals surface area contributed by atoms with E-state index in [9.17, 15) is 4.79 Å². The SMILES string of the molecule is COC(=O)C1=CC2C(=C(C)C)C1C13OC21C1CCC3C1. The molecule has 0 aromatic heterocycles. The molecule has 5 aliphatic rings. The number of carbonyl (C=O) groups excluding carboxylic acids is 1. The van der Waals surface area contributed by atoms with Gasteiger partial charge in [0.1, 0.15) is 11.2 Å². The van der Waals surface area contributed by atoms with Crippen LogP contribution >= 0.6 is 0 Å². The summed E-state index contributed by atoms with van der Waals surface area (Å²) in [5, 5.41) is 0. The first kappa shape index (κ1) is 11.6. The third kappa shape index (κ3) is 0.851. The Hall–Kier alpha value is -1.09. The molecule has 6 atom stereocenters. The van der Waals surface area contributed by atoms with Gasteiger partial charge in [0.15, 0.2) is 0 Å². The first-order valence-electron chi connectivity index (χ1n) is 7.75. The van der Waals surface area contributed by atoms with E-state index >= 15 is 0 Å². The van der Waals surface area contributed by atoms with Gasteiger partial charge in [-0.25, -0.2) is 4.79 Å². The number of methoxy groups -OCH3 is 1. The monoisotopic (exact) mass is 272 g/mol. The lowest BCUT2D eigenvalue weighted by atomic mass is 9.71. The average Bonchev–Trinajstić information content (AvgIpc) is 2.81. The van der Waals surface area contributed by atoms with Gasteiger partial charge in [0.2, 0.25) is 0 Å². The Labute approximate surface area is 119 Å². The van der Waals surface area contributed by atoms with Gasteiger partial charge in [0, 0.05) is 17.4 Å². The minimum atomic E-state index is -0.155. The first-order chi connectivity index (χ1) is 9.58. The molecule has 1 aliphatic heterocycles. The van der Waals surface area contributed by atoms with Crippen molar-refractivity contribution in [3.63, 3.8) is 0 Å². The van der Waals surface area contributed by atoms with Crippen molar-refractivity contribution in [3.8, 4) is 0 Å². The van der Waals surface area contributed by atoms with Gasteiger partial charge < -0.3 is 9.47 Å². The molecule has 1 saturated heterocycles. The minimum Gasteiger partial charge on any atom is -0.466 e. The van der Waals surface area contributed by atoms with Crippen LogP contribution in [0.2, 0.25) is 0 Å². The molecule has 4 fully saturated rings. The van der Waals surface area contributed by atoms with Gasteiger partial charge in [0.25, 0.3) is 0 Å². The van der Waals surface area contributed by atoms with E-state index in [-0.39, 0.29) is 23.1 Å². The van der Waals surface area contributed by atoms with Crippen LogP contribution in [0.15, 0.2) is 22.8 Å². The van der Waals surface area contributed by atoms with E-state index in [4.69, 9.17) is 9.47 Å². The molecular weight excluding hydrogens is 252 g/mol. The summed E-state index contributed by atoms with van der Waals surface area (Å²) in [6, 6.07) is 0. The number of ether oxygens (including phenoxy) is 2. The number of hydrogen-bond acceptors (Lipinski definition) is 3. The maximum absolute atomic E-state index is 12.2. The third-order valence-electron chi connectivity index (χ3n) is 6.75. The standard InChI is InChI=1S/C17H20O3/c1-8(2)13-12-7-11(15(18)19-3)14(13)17-10-5-4-9(6-10)16(12,17)20-17/h7,9-10,12,14H,4-6H2,1-3H3. The lowest BCUT2D eigenvalue weighted by Gasteiger charge is -2.27. The number of carbonyl (C=O) groups is 1. The van der Waals surface area contributed by atoms with E-state index < -0.39 is 0 Å². The molecule has 5 rings (SSSR count). The van der Waals surface area contributed by atoms with Crippen LogP contribution in [0.4, 0.5) is 0 Å². The summed E-state index contributed by atoms with van der Waals surface area (Å²) >= 11 is 0. The molecule has 6 unspecified atom stereocenters. The Balaban J connectivity index is 1.72. The van der Waals surface area contributed by atoms with Gasteiger partial charge in [-0.1, -0.05) is 17.2 Å². The van der Waals surface area contributed by atoms with Crippen LogP contribution in [-0.2, 0) is 14.3 Å². The largest absolute Gasteiger partial charge is 0.466 e. The maximum Gasteiger partial charge on any atom is 0.334 e. The number of esters is 1. The molecular formula is C17H20O3. The van der Waals surface area contributed by atoms with Crippen molar-refractivity contribution in [3.05, 3.63) is 22.8 Å². The Morgan fingerprint density at radius 3 is 2.65 bits per heavy atom. The average molecular weight is 272 g/mol. The lowest BCUT2D eigenvalue weighted by molar-refractivity contribution is -0.136.